The van der Waals surface area contributed by atoms with E-state index in [-0.39, 0.29) is 10.6 Å². The first-order valence-electron chi connectivity index (χ1n) is 8.95. The Morgan fingerprint density at radius 1 is 1.20 bits per heavy atom. The largest absolute Gasteiger partial charge is 0.454 e. The van der Waals surface area contributed by atoms with Crippen molar-refractivity contribution in [3.63, 3.8) is 0 Å². The first kappa shape index (κ1) is 23.3. The van der Waals surface area contributed by atoms with E-state index in [1.807, 2.05) is 12.3 Å². The summed E-state index contributed by atoms with van der Waals surface area (Å²) >= 11 is 7.46. The Morgan fingerprint density at radius 2 is 1.93 bits per heavy atom. The number of nitrogens with zero attached hydrogens (tertiary/aromatic N) is 1. The minimum Gasteiger partial charge on any atom is -0.454 e. The minimum atomic E-state index is -0.873. The van der Waals surface area contributed by atoms with Gasteiger partial charge >= 0.3 is 5.97 Å². The fourth-order valence-corrected chi connectivity index (χ4v) is 3.13. The number of anilines is 1. The topological polar surface area (TPSA) is 108 Å². The Kier molecular flexibility index (Phi) is 9.19. The number of hydrogen-bond donors (Lipinski definition) is 2. The van der Waals surface area contributed by atoms with Gasteiger partial charge in [-0.15, -0.1) is 0 Å². The molecule has 2 rings (SSSR count). The molecule has 0 aliphatic heterocycles. The van der Waals surface area contributed by atoms with E-state index in [0.717, 1.165) is 0 Å². The van der Waals surface area contributed by atoms with E-state index >= 15 is 0 Å². The summed E-state index contributed by atoms with van der Waals surface area (Å²) in [7, 11) is 0. The second kappa shape index (κ2) is 11.9. The molecule has 0 aromatic heterocycles. The lowest BCUT2D eigenvalue weighted by atomic mass is 10.1. The van der Waals surface area contributed by atoms with E-state index in [1.165, 1.54) is 30.0 Å². The van der Waals surface area contributed by atoms with Gasteiger partial charge in [-0.25, -0.2) is 4.79 Å². The quantitative estimate of drug-likeness (QED) is 0.573. The molecular weight excluding hydrogens is 426 g/mol. The zero-order chi connectivity index (χ0) is 21.9. The Labute approximate surface area is 183 Å². The van der Waals surface area contributed by atoms with Crippen LogP contribution < -0.4 is 10.6 Å². The van der Waals surface area contributed by atoms with Crippen molar-refractivity contribution in [2.75, 3.05) is 23.9 Å². The van der Waals surface area contributed by atoms with Crippen molar-refractivity contribution in [2.24, 2.45) is 0 Å². The Balaban J connectivity index is 1.92. The van der Waals surface area contributed by atoms with Crippen molar-refractivity contribution < 1.29 is 19.1 Å². The van der Waals surface area contributed by atoms with Crippen LogP contribution in [0.3, 0.4) is 0 Å². The highest BCUT2D eigenvalue weighted by Crippen LogP contribution is 2.20. The van der Waals surface area contributed by atoms with Crippen LogP contribution in [-0.2, 0) is 14.3 Å². The predicted molar refractivity (Wildman–Crippen MR) is 116 cm³/mol. The molecule has 0 saturated carbocycles. The third kappa shape index (κ3) is 7.10. The smallest absolute Gasteiger partial charge is 0.329 e. The van der Waals surface area contributed by atoms with E-state index in [1.54, 1.807) is 30.3 Å². The van der Waals surface area contributed by atoms with Gasteiger partial charge in [0, 0.05) is 11.3 Å². The van der Waals surface area contributed by atoms with E-state index in [4.69, 9.17) is 21.6 Å². The Morgan fingerprint density at radius 3 is 2.57 bits per heavy atom. The summed E-state index contributed by atoms with van der Waals surface area (Å²) in [5.41, 5.74) is 1.08. The van der Waals surface area contributed by atoms with E-state index < -0.39 is 30.4 Å². The number of rotatable bonds is 9. The molecule has 156 valence electrons. The number of esters is 1. The van der Waals surface area contributed by atoms with Gasteiger partial charge in [0.1, 0.15) is 12.1 Å². The number of ether oxygens (including phenoxy) is 1. The van der Waals surface area contributed by atoms with Crippen LogP contribution >= 0.6 is 23.4 Å². The number of amides is 2. The molecular formula is C21H20ClN3O4S. The van der Waals surface area contributed by atoms with Crippen LogP contribution in [-0.4, -0.2) is 42.4 Å². The second-order valence-electron chi connectivity index (χ2n) is 6.14. The minimum absolute atomic E-state index is 0.202. The maximum absolute atomic E-state index is 12.4. The summed E-state index contributed by atoms with van der Waals surface area (Å²) in [5, 5.41) is 14.3. The lowest BCUT2D eigenvalue weighted by Crippen LogP contribution is -2.43. The molecule has 9 heteroatoms. The molecule has 7 nitrogen and oxygen atoms in total. The van der Waals surface area contributed by atoms with Gasteiger partial charge in [0.2, 0.25) is 0 Å². The SMILES string of the molecule is CSCCC(NC(=O)c1ccccc1)C(=O)OCC(=O)Nc1ccc(C#N)c(Cl)c1. The molecule has 1 unspecified atom stereocenters. The van der Waals surface area contributed by atoms with E-state index in [9.17, 15) is 14.4 Å². The molecule has 0 saturated heterocycles. The van der Waals surface area contributed by atoms with Crippen LogP contribution in [0.15, 0.2) is 48.5 Å². The molecule has 0 bridgehead atoms. The van der Waals surface area contributed by atoms with Crippen LogP contribution in [0.4, 0.5) is 5.69 Å². The monoisotopic (exact) mass is 445 g/mol. The van der Waals surface area contributed by atoms with Crippen molar-refractivity contribution in [1.29, 1.82) is 5.26 Å². The molecule has 0 fully saturated rings. The molecule has 2 amide bonds. The number of benzene rings is 2. The van der Waals surface area contributed by atoms with E-state index in [2.05, 4.69) is 10.6 Å². The maximum Gasteiger partial charge on any atom is 0.329 e. The third-order valence-electron chi connectivity index (χ3n) is 3.96. The van der Waals surface area contributed by atoms with Gasteiger partial charge < -0.3 is 15.4 Å². The van der Waals surface area contributed by atoms with Crippen molar-refractivity contribution in [3.8, 4) is 6.07 Å². The van der Waals surface area contributed by atoms with Gasteiger partial charge in [-0.3, -0.25) is 9.59 Å². The fourth-order valence-electron chi connectivity index (χ4n) is 2.43. The summed E-state index contributed by atoms with van der Waals surface area (Å²) in [5.74, 6) is -1.02. The summed E-state index contributed by atoms with van der Waals surface area (Å²) in [6, 6.07) is 14.0. The fraction of sp³-hybridized carbons (Fsp3) is 0.238. The van der Waals surface area contributed by atoms with Gasteiger partial charge in [-0.2, -0.15) is 17.0 Å². The Hall–Kier alpha value is -3.02. The van der Waals surface area contributed by atoms with Crippen LogP contribution in [0.25, 0.3) is 0 Å². The molecule has 0 aliphatic rings. The van der Waals surface area contributed by atoms with Gasteiger partial charge in [-0.1, -0.05) is 29.8 Å². The average Bonchev–Trinajstić information content (AvgIpc) is 2.75. The first-order chi connectivity index (χ1) is 14.4. The van der Waals surface area contributed by atoms with E-state index in [0.29, 0.717) is 23.4 Å². The van der Waals surface area contributed by atoms with Crippen molar-refractivity contribution in [3.05, 3.63) is 64.7 Å². The highest BCUT2D eigenvalue weighted by molar-refractivity contribution is 7.98. The maximum atomic E-state index is 12.4. The molecule has 1 atom stereocenters. The number of thioether (sulfide) groups is 1. The highest BCUT2D eigenvalue weighted by atomic mass is 35.5. The molecule has 2 N–H and O–H groups in total. The second-order valence-corrected chi connectivity index (χ2v) is 7.53. The number of nitriles is 1. The van der Waals surface area contributed by atoms with Gasteiger partial charge in [-0.05, 0) is 48.8 Å². The number of carbonyl (C=O) groups is 3. The number of carbonyl (C=O) groups excluding carboxylic acids is 3. The molecule has 30 heavy (non-hydrogen) atoms. The van der Waals surface area contributed by atoms with Gasteiger partial charge in [0.05, 0.1) is 10.6 Å². The number of hydrogen-bond acceptors (Lipinski definition) is 6. The summed E-state index contributed by atoms with van der Waals surface area (Å²) in [4.78, 5) is 36.8. The van der Waals surface area contributed by atoms with Gasteiger partial charge in [0.25, 0.3) is 11.8 Å². The highest BCUT2D eigenvalue weighted by Gasteiger charge is 2.23. The predicted octanol–water partition coefficient (Wildman–Crippen LogP) is 3.25. The standard InChI is InChI=1S/C21H20ClN3O4S/c1-30-10-9-18(25-20(27)14-5-3-2-4-6-14)21(28)29-13-19(26)24-16-8-7-15(12-23)17(22)11-16/h2-8,11,18H,9-10,13H2,1H3,(H,24,26)(H,25,27). The van der Waals surface area contributed by atoms with Crippen LogP contribution in [0.1, 0.15) is 22.3 Å². The molecule has 2 aromatic carbocycles. The van der Waals surface area contributed by atoms with Crippen LogP contribution in [0.5, 0.6) is 0 Å². The molecule has 0 spiro atoms. The normalized spacial score (nSPS) is 11.1. The van der Waals surface area contributed by atoms with Crippen LogP contribution in [0, 0.1) is 11.3 Å². The Bertz CT molecular complexity index is 947. The van der Waals surface area contributed by atoms with Crippen LogP contribution in [0.2, 0.25) is 5.02 Å². The average molecular weight is 446 g/mol. The van der Waals surface area contributed by atoms with Crippen molar-refractivity contribution in [2.45, 2.75) is 12.5 Å². The zero-order valence-electron chi connectivity index (χ0n) is 16.2. The number of nitrogens with one attached hydrogen (secondary N) is 2. The molecule has 2 aromatic rings. The van der Waals surface area contributed by atoms with Gasteiger partial charge in [0.15, 0.2) is 6.61 Å². The summed E-state index contributed by atoms with van der Waals surface area (Å²) in [6.45, 7) is -0.520. The third-order valence-corrected chi connectivity index (χ3v) is 4.91. The molecule has 0 radical (unpaired) electrons. The lowest BCUT2D eigenvalue weighted by Gasteiger charge is -2.17. The summed E-state index contributed by atoms with van der Waals surface area (Å²) in [6.07, 6.45) is 2.25. The zero-order valence-corrected chi connectivity index (χ0v) is 17.8. The van der Waals surface area contributed by atoms with Crippen molar-refractivity contribution >= 4 is 46.8 Å². The van der Waals surface area contributed by atoms with Crippen molar-refractivity contribution in [1.82, 2.24) is 5.32 Å². The number of halogens is 1. The summed E-state index contributed by atoms with van der Waals surface area (Å²) < 4.78 is 5.09. The lowest BCUT2D eigenvalue weighted by molar-refractivity contribution is -0.149. The first-order valence-corrected chi connectivity index (χ1v) is 10.7. The molecule has 0 aliphatic carbocycles. The molecule has 0 heterocycles.